The molecule has 0 bridgehead atoms. The van der Waals surface area contributed by atoms with Crippen molar-refractivity contribution in [1.82, 2.24) is 0 Å². The van der Waals surface area contributed by atoms with Gasteiger partial charge in [0.15, 0.2) is 5.78 Å². The van der Waals surface area contributed by atoms with Crippen LogP contribution in [0.1, 0.15) is 27.0 Å². The molecule has 19 heavy (non-hydrogen) atoms. The summed E-state index contributed by atoms with van der Waals surface area (Å²) in [6.45, 7) is 3.92. The maximum absolute atomic E-state index is 12.5. The zero-order valence-corrected chi connectivity index (χ0v) is 13.5. The molecule has 0 saturated heterocycles. The van der Waals surface area contributed by atoms with Crippen molar-refractivity contribution >= 4 is 44.9 Å². The highest BCUT2D eigenvalue weighted by molar-refractivity contribution is 9.10. The number of hydrogen-bond acceptors (Lipinski definition) is 1. The molecule has 1 nitrogen and oxygen atoms in total. The molecular weight excluding hydrogens is 347 g/mol. The van der Waals surface area contributed by atoms with E-state index in [0.29, 0.717) is 25.6 Å². The fraction of sp³-hybridized carbons (Fsp3) is 0.133. The molecule has 0 spiro atoms. The zero-order valence-electron chi connectivity index (χ0n) is 10.4. The van der Waals surface area contributed by atoms with Crippen molar-refractivity contribution in [2.45, 2.75) is 13.8 Å². The normalized spacial score (nSPS) is 10.6. The molecule has 0 aliphatic rings. The largest absolute Gasteiger partial charge is 0.289 e. The summed E-state index contributed by atoms with van der Waals surface area (Å²) in [5.41, 5.74) is 3.10. The van der Waals surface area contributed by atoms with Gasteiger partial charge in [-0.05, 0) is 55.3 Å². The first-order chi connectivity index (χ1) is 8.90. The first kappa shape index (κ1) is 14.6. The van der Waals surface area contributed by atoms with E-state index < -0.39 is 0 Å². The van der Waals surface area contributed by atoms with E-state index in [1.807, 2.05) is 26.0 Å². The van der Waals surface area contributed by atoms with Gasteiger partial charge in [-0.15, -0.1) is 0 Å². The maximum Gasteiger partial charge on any atom is 0.195 e. The van der Waals surface area contributed by atoms with Crippen molar-refractivity contribution in [2.75, 3.05) is 0 Å². The van der Waals surface area contributed by atoms with E-state index in [-0.39, 0.29) is 5.78 Å². The van der Waals surface area contributed by atoms with Gasteiger partial charge >= 0.3 is 0 Å². The second-order valence-corrected chi connectivity index (χ2v) is 6.07. The minimum atomic E-state index is -0.137. The second kappa shape index (κ2) is 5.66. The molecule has 0 unspecified atom stereocenters. The Morgan fingerprint density at radius 1 is 1.00 bits per heavy atom. The summed E-state index contributed by atoms with van der Waals surface area (Å²) in [7, 11) is 0. The van der Waals surface area contributed by atoms with Gasteiger partial charge in [-0.2, -0.15) is 0 Å². The molecule has 2 rings (SSSR count). The molecule has 2 aromatic carbocycles. The quantitative estimate of drug-likeness (QED) is 0.639. The number of rotatable bonds is 2. The minimum Gasteiger partial charge on any atom is -0.289 e. The van der Waals surface area contributed by atoms with Gasteiger partial charge in [-0.25, -0.2) is 0 Å². The van der Waals surface area contributed by atoms with Crippen LogP contribution in [-0.2, 0) is 0 Å². The molecule has 2 aromatic rings. The van der Waals surface area contributed by atoms with Gasteiger partial charge in [-0.3, -0.25) is 4.79 Å². The molecule has 0 heterocycles. The number of ketones is 1. The van der Waals surface area contributed by atoms with Gasteiger partial charge in [0.2, 0.25) is 0 Å². The summed E-state index contributed by atoms with van der Waals surface area (Å²) >= 11 is 15.5. The number of halogens is 3. The van der Waals surface area contributed by atoms with Crippen LogP contribution in [0.25, 0.3) is 0 Å². The first-order valence-electron chi connectivity index (χ1n) is 5.66. The second-order valence-electron chi connectivity index (χ2n) is 4.37. The molecule has 0 amide bonds. The smallest absolute Gasteiger partial charge is 0.195 e. The summed E-state index contributed by atoms with van der Waals surface area (Å²) < 4.78 is 0.705. The van der Waals surface area contributed by atoms with Crippen LogP contribution in [0.3, 0.4) is 0 Å². The Kier molecular flexibility index (Phi) is 4.34. The van der Waals surface area contributed by atoms with Crippen LogP contribution in [0.2, 0.25) is 10.0 Å². The molecule has 0 radical (unpaired) electrons. The summed E-state index contributed by atoms with van der Waals surface area (Å²) in [5, 5.41) is 0.978. The average molecular weight is 358 g/mol. The fourth-order valence-electron chi connectivity index (χ4n) is 1.77. The van der Waals surface area contributed by atoms with Crippen molar-refractivity contribution < 1.29 is 4.79 Å². The van der Waals surface area contributed by atoms with Crippen molar-refractivity contribution in [3.05, 3.63) is 67.1 Å². The lowest BCUT2D eigenvalue weighted by atomic mass is 9.99. The van der Waals surface area contributed by atoms with E-state index in [4.69, 9.17) is 23.2 Å². The van der Waals surface area contributed by atoms with Crippen molar-refractivity contribution in [1.29, 1.82) is 0 Å². The molecule has 0 aromatic heterocycles. The van der Waals surface area contributed by atoms with E-state index in [0.717, 1.165) is 11.1 Å². The van der Waals surface area contributed by atoms with E-state index >= 15 is 0 Å². The minimum absolute atomic E-state index is 0.137. The number of carbonyl (C=O) groups excluding carboxylic acids is 1. The van der Waals surface area contributed by atoms with Crippen LogP contribution in [0.5, 0.6) is 0 Å². The predicted octanol–water partition coefficient (Wildman–Crippen LogP) is 5.60. The van der Waals surface area contributed by atoms with Gasteiger partial charge in [0, 0.05) is 20.6 Å². The summed E-state index contributed by atoms with van der Waals surface area (Å²) in [5.74, 6) is -0.137. The zero-order chi connectivity index (χ0) is 14.2. The molecule has 0 aliphatic heterocycles. The standard InChI is InChI=1S/C15H11BrCl2O/c1-8-5-12(14(18)6-9(8)2)15(19)11-7-10(17)3-4-13(11)16/h3-7H,1-2H3. The third-order valence-corrected chi connectivity index (χ3v) is 4.24. The van der Waals surface area contributed by atoms with Crippen molar-refractivity contribution in [2.24, 2.45) is 0 Å². The first-order valence-corrected chi connectivity index (χ1v) is 7.21. The number of hydrogen-bond donors (Lipinski definition) is 0. The highest BCUT2D eigenvalue weighted by Crippen LogP contribution is 2.28. The summed E-state index contributed by atoms with van der Waals surface area (Å²) in [6, 6.07) is 8.74. The van der Waals surface area contributed by atoms with E-state index in [2.05, 4.69) is 15.9 Å². The molecule has 98 valence electrons. The Bertz CT molecular complexity index is 665. The molecule has 0 saturated carbocycles. The number of benzene rings is 2. The van der Waals surface area contributed by atoms with Crippen LogP contribution in [0.4, 0.5) is 0 Å². The average Bonchev–Trinajstić information content (AvgIpc) is 2.36. The fourth-order valence-corrected chi connectivity index (χ4v) is 2.67. The lowest BCUT2D eigenvalue weighted by Gasteiger charge is -2.09. The summed E-state index contributed by atoms with van der Waals surface area (Å²) in [4.78, 5) is 12.5. The number of carbonyl (C=O) groups is 1. The van der Waals surface area contributed by atoms with Crippen LogP contribution >= 0.6 is 39.1 Å². The Hall–Kier alpha value is -0.830. The van der Waals surface area contributed by atoms with E-state index in [1.54, 1.807) is 18.2 Å². The molecule has 4 heteroatoms. The SMILES string of the molecule is Cc1cc(Cl)c(C(=O)c2cc(Cl)ccc2Br)cc1C. The van der Waals surface area contributed by atoms with Gasteiger partial charge in [0.1, 0.15) is 0 Å². The van der Waals surface area contributed by atoms with E-state index in [9.17, 15) is 4.79 Å². The lowest BCUT2D eigenvalue weighted by Crippen LogP contribution is -2.04. The molecule has 0 N–H and O–H groups in total. The highest BCUT2D eigenvalue weighted by Gasteiger charge is 2.17. The van der Waals surface area contributed by atoms with Gasteiger partial charge in [0.05, 0.1) is 5.02 Å². The Labute approximate surface area is 130 Å². The molecule has 0 aliphatic carbocycles. The van der Waals surface area contributed by atoms with Gasteiger partial charge in [-0.1, -0.05) is 39.1 Å². The third-order valence-electron chi connectivity index (χ3n) is 3.00. The van der Waals surface area contributed by atoms with E-state index in [1.165, 1.54) is 0 Å². The van der Waals surface area contributed by atoms with Crippen LogP contribution < -0.4 is 0 Å². The molecule has 0 fully saturated rings. The highest BCUT2D eigenvalue weighted by atomic mass is 79.9. The molecular formula is C15H11BrCl2O. The Morgan fingerprint density at radius 2 is 1.63 bits per heavy atom. The van der Waals surface area contributed by atoms with Gasteiger partial charge in [0.25, 0.3) is 0 Å². The van der Waals surface area contributed by atoms with Crippen LogP contribution in [-0.4, -0.2) is 5.78 Å². The van der Waals surface area contributed by atoms with Crippen molar-refractivity contribution in [3.8, 4) is 0 Å². The Morgan fingerprint density at radius 3 is 2.32 bits per heavy atom. The monoisotopic (exact) mass is 356 g/mol. The van der Waals surface area contributed by atoms with Crippen LogP contribution in [0.15, 0.2) is 34.8 Å². The Balaban J connectivity index is 2.56. The van der Waals surface area contributed by atoms with Crippen LogP contribution in [0, 0.1) is 13.8 Å². The maximum atomic E-state index is 12.5. The predicted molar refractivity (Wildman–Crippen MR) is 83.5 cm³/mol. The topological polar surface area (TPSA) is 17.1 Å². The summed E-state index contributed by atoms with van der Waals surface area (Å²) in [6.07, 6.45) is 0. The van der Waals surface area contributed by atoms with Crippen molar-refractivity contribution in [3.63, 3.8) is 0 Å². The number of aryl methyl sites for hydroxylation is 2. The lowest BCUT2D eigenvalue weighted by molar-refractivity contribution is 0.103. The molecule has 0 atom stereocenters. The third kappa shape index (κ3) is 3.02. The van der Waals surface area contributed by atoms with Gasteiger partial charge < -0.3 is 0 Å².